The first kappa shape index (κ1) is 15.5. The molecule has 0 bridgehead atoms. The third-order valence-corrected chi connectivity index (χ3v) is 5.06. The van der Waals surface area contributed by atoms with Gasteiger partial charge in [0.25, 0.3) is 5.91 Å². The molecule has 5 nitrogen and oxygen atoms in total. The number of thioether (sulfide) groups is 1. The largest absolute Gasteiger partial charge is 0.495 e. The number of methoxy groups -OCH3 is 1. The number of carbonyl (C=O) groups is 1. The fourth-order valence-corrected chi connectivity index (χ4v) is 4.13. The molecule has 0 fully saturated rings. The normalized spacial score (nSPS) is 20.2. The van der Waals surface area contributed by atoms with E-state index in [1.807, 2.05) is 6.07 Å². The molecule has 2 aliphatic rings. The van der Waals surface area contributed by atoms with E-state index in [0.29, 0.717) is 22.9 Å². The van der Waals surface area contributed by atoms with Crippen molar-refractivity contribution in [2.75, 3.05) is 19.5 Å². The Balaban J connectivity index is 2.06. The summed E-state index contributed by atoms with van der Waals surface area (Å²) in [5, 5.41) is 0.486. The summed E-state index contributed by atoms with van der Waals surface area (Å²) in [6, 6.07) is 1.91. The number of carbonyl (C=O) groups excluding carboxylic acids is 1. The molecule has 0 saturated carbocycles. The fraction of sp³-hybridized carbons (Fsp3) is 0.467. The molecule has 22 heavy (non-hydrogen) atoms. The topological polar surface area (TPSA) is 57.1 Å². The van der Waals surface area contributed by atoms with Crippen LogP contribution in [-0.2, 0) is 20.7 Å². The van der Waals surface area contributed by atoms with E-state index in [1.54, 1.807) is 18.7 Å². The summed E-state index contributed by atoms with van der Waals surface area (Å²) in [7, 11) is 1.54. The summed E-state index contributed by atoms with van der Waals surface area (Å²) in [5.41, 5.74) is 1.79. The molecule has 7 heteroatoms. The number of ether oxygens (including phenoxy) is 3. The summed E-state index contributed by atoms with van der Waals surface area (Å²) in [6.07, 6.45) is 1.17. The van der Waals surface area contributed by atoms with Gasteiger partial charge in [-0.25, -0.2) is 0 Å². The summed E-state index contributed by atoms with van der Waals surface area (Å²) >= 11 is 8.01. The maximum absolute atomic E-state index is 12.2. The van der Waals surface area contributed by atoms with E-state index in [1.165, 1.54) is 7.11 Å². The predicted molar refractivity (Wildman–Crippen MR) is 84.9 cm³/mol. The van der Waals surface area contributed by atoms with Crippen LogP contribution < -0.4 is 4.74 Å². The monoisotopic (exact) mass is 341 g/mol. The summed E-state index contributed by atoms with van der Waals surface area (Å²) in [6.45, 7) is 2.19. The maximum atomic E-state index is 12.2. The van der Waals surface area contributed by atoms with Gasteiger partial charge in [-0.05, 0) is 37.1 Å². The van der Waals surface area contributed by atoms with Crippen LogP contribution in [0.3, 0.4) is 0 Å². The van der Waals surface area contributed by atoms with Gasteiger partial charge < -0.3 is 14.2 Å². The summed E-state index contributed by atoms with van der Waals surface area (Å²) in [5.74, 6) is 1.07. The number of amides is 1. The lowest BCUT2D eigenvalue weighted by Gasteiger charge is -2.24. The van der Waals surface area contributed by atoms with E-state index in [-0.39, 0.29) is 6.08 Å². The van der Waals surface area contributed by atoms with Crippen LogP contribution in [0.1, 0.15) is 30.6 Å². The van der Waals surface area contributed by atoms with Crippen molar-refractivity contribution in [1.82, 2.24) is 0 Å². The highest BCUT2D eigenvalue weighted by molar-refractivity contribution is 7.99. The Morgan fingerprint density at radius 3 is 3.09 bits per heavy atom. The van der Waals surface area contributed by atoms with E-state index in [9.17, 15) is 4.79 Å². The zero-order valence-corrected chi connectivity index (χ0v) is 13.9. The van der Waals surface area contributed by atoms with Gasteiger partial charge in [0.05, 0.1) is 24.3 Å². The Kier molecular flexibility index (Phi) is 4.49. The minimum Gasteiger partial charge on any atom is -0.495 e. The number of halogens is 1. The Morgan fingerprint density at radius 2 is 2.36 bits per heavy atom. The minimum absolute atomic E-state index is 0.00841. The van der Waals surface area contributed by atoms with Gasteiger partial charge in [0.15, 0.2) is 0 Å². The van der Waals surface area contributed by atoms with Crippen molar-refractivity contribution in [2.45, 2.75) is 30.8 Å². The third kappa shape index (κ3) is 2.65. The van der Waals surface area contributed by atoms with Gasteiger partial charge in [-0.15, -0.1) is 16.8 Å². The molecule has 2 heterocycles. The van der Waals surface area contributed by atoms with Gasteiger partial charge in [0, 0.05) is 4.90 Å². The molecule has 1 unspecified atom stereocenters. The van der Waals surface area contributed by atoms with Crippen LogP contribution in [0, 0.1) is 0 Å². The molecule has 1 amide bonds. The van der Waals surface area contributed by atoms with Crippen LogP contribution in [0.15, 0.2) is 16.0 Å². The molecule has 1 aromatic rings. The lowest BCUT2D eigenvalue weighted by molar-refractivity contribution is -0.123. The fourth-order valence-electron chi connectivity index (χ4n) is 2.63. The van der Waals surface area contributed by atoms with Crippen molar-refractivity contribution in [3.63, 3.8) is 0 Å². The molecule has 1 aromatic carbocycles. The van der Waals surface area contributed by atoms with Crippen LogP contribution >= 0.6 is 23.4 Å². The van der Waals surface area contributed by atoms with Gasteiger partial charge in [-0.1, -0.05) is 11.6 Å². The Morgan fingerprint density at radius 1 is 1.55 bits per heavy atom. The number of aryl methyl sites for hydroxylation is 1. The second kappa shape index (κ2) is 6.38. The Bertz CT molecular complexity index is 647. The van der Waals surface area contributed by atoms with Crippen molar-refractivity contribution >= 4 is 35.4 Å². The number of nitrogens with zero attached hydrogens (tertiary/aromatic N) is 1. The molecule has 2 aliphatic heterocycles. The second-order valence-electron chi connectivity index (χ2n) is 4.89. The molecule has 0 N–H and O–H groups in total. The van der Waals surface area contributed by atoms with E-state index in [4.69, 9.17) is 25.8 Å². The molecular formula is C15H16ClNO4S. The first-order valence-electron chi connectivity index (χ1n) is 7.09. The van der Waals surface area contributed by atoms with Crippen molar-refractivity contribution in [2.24, 2.45) is 4.99 Å². The van der Waals surface area contributed by atoms with Gasteiger partial charge in [0.1, 0.15) is 5.75 Å². The predicted octanol–water partition coefficient (Wildman–Crippen LogP) is 3.38. The zero-order valence-electron chi connectivity index (χ0n) is 12.3. The number of aliphatic imine (C=N–C) groups is 1. The number of hydrogen-bond acceptors (Lipinski definition) is 5. The first-order valence-corrected chi connectivity index (χ1v) is 8.46. The molecule has 0 aromatic heterocycles. The number of fused-ring (bicyclic) bond motifs is 1. The highest BCUT2D eigenvalue weighted by Gasteiger charge is 2.38. The minimum atomic E-state index is -0.852. The van der Waals surface area contributed by atoms with Crippen molar-refractivity contribution in [1.29, 1.82) is 0 Å². The zero-order chi connectivity index (χ0) is 15.7. The van der Waals surface area contributed by atoms with Crippen LogP contribution in [0.5, 0.6) is 5.75 Å². The molecule has 0 spiro atoms. The molecule has 0 aliphatic carbocycles. The molecular weight excluding hydrogens is 326 g/mol. The van der Waals surface area contributed by atoms with E-state index in [0.717, 1.165) is 29.1 Å². The van der Waals surface area contributed by atoms with Crippen LogP contribution in [-0.4, -0.2) is 31.5 Å². The molecule has 118 valence electrons. The summed E-state index contributed by atoms with van der Waals surface area (Å²) < 4.78 is 16.2. The van der Waals surface area contributed by atoms with E-state index in [2.05, 4.69) is 4.99 Å². The quantitative estimate of drug-likeness (QED) is 0.843. The lowest BCUT2D eigenvalue weighted by Crippen LogP contribution is -2.15. The standard InChI is InChI=1S/C15H16ClNO4S/c1-3-20-15-17-14(18)12(21-15)10-11(19-2)9(16)7-8-5-4-6-22-13(8)10/h7,12H,3-6H2,1-2H3. The molecule has 0 radical (unpaired) electrons. The summed E-state index contributed by atoms with van der Waals surface area (Å²) in [4.78, 5) is 17.1. The van der Waals surface area contributed by atoms with E-state index >= 15 is 0 Å². The average molecular weight is 342 g/mol. The number of benzene rings is 1. The smallest absolute Gasteiger partial charge is 0.392 e. The SMILES string of the molecule is CCOC1=NC(=O)C(c2c(OC)c(Cl)cc3c2SCCC3)O1. The number of hydrogen-bond donors (Lipinski definition) is 0. The van der Waals surface area contributed by atoms with Gasteiger partial charge >= 0.3 is 6.08 Å². The van der Waals surface area contributed by atoms with Crippen LogP contribution in [0.25, 0.3) is 0 Å². The van der Waals surface area contributed by atoms with E-state index < -0.39 is 12.0 Å². The third-order valence-electron chi connectivity index (χ3n) is 3.51. The maximum Gasteiger partial charge on any atom is 0.392 e. The van der Waals surface area contributed by atoms with Crippen LogP contribution in [0.4, 0.5) is 0 Å². The van der Waals surface area contributed by atoms with Crippen LogP contribution in [0.2, 0.25) is 5.02 Å². The van der Waals surface area contributed by atoms with Crippen molar-refractivity contribution < 1.29 is 19.0 Å². The lowest BCUT2D eigenvalue weighted by atomic mass is 10.0. The van der Waals surface area contributed by atoms with Crippen molar-refractivity contribution in [3.8, 4) is 5.75 Å². The van der Waals surface area contributed by atoms with Gasteiger partial charge in [-0.3, -0.25) is 4.79 Å². The second-order valence-corrected chi connectivity index (χ2v) is 6.40. The number of rotatable bonds is 3. The molecule has 0 saturated heterocycles. The first-order chi connectivity index (χ1) is 10.7. The van der Waals surface area contributed by atoms with Gasteiger partial charge in [0.2, 0.25) is 6.10 Å². The molecule has 3 rings (SSSR count). The van der Waals surface area contributed by atoms with Gasteiger partial charge in [-0.2, -0.15) is 0 Å². The average Bonchev–Trinajstić information content (AvgIpc) is 2.86. The highest BCUT2D eigenvalue weighted by Crippen LogP contribution is 2.46. The Hall–Kier alpha value is -1.40. The Labute approximate surface area is 138 Å². The highest BCUT2D eigenvalue weighted by atomic mass is 35.5. The molecule has 1 atom stereocenters. The van der Waals surface area contributed by atoms with Crippen molar-refractivity contribution in [3.05, 3.63) is 22.2 Å².